The Kier molecular flexibility index (Phi) is 3.09. The predicted molar refractivity (Wildman–Crippen MR) is 84.5 cm³/mol. The molecule has 1 unspecified atom stereocenters. The second-order valence-corrected chi connectivity index (χ2v) is 11.9. The zero-order chi connectivity index (χ0) is 13.8. The molecule has 0 aliphatic heterocycles. The molecule has 108 valence electrons. The SMILES string of the molecule is O=P(Br)(Oc1ccccc1)C12CC3CC(CC(C3)C1)C2. The summed E-state index contributed by atoms with van der Waals surface area (Å²) in [5.74, 6) is 3.08. The van der Waals surface area contributed by atoms with Crippen LogP contribution in [0.1, 0.15) is 38.5 Å². The Labute approximate surface area is 128 Å². The third kappa shape index (κ3) is 2.09. The lowest BCUT2D eigenvalue weighted by molar-refractivity contribution is 0.0309. The van der Waals surface area contributed by atoms with Crippen LogP contribution in [0.15, 0.2) is 30.3 Å². The fraction of sp³-hybridized carbons (Fsp3) is 0.625. The smallest absolute Gasteiger partial charge is 0.316 e. The molecule has 0 radical (unpaired) electrons. The van der Waals surface area contributed by atoms with Crippen molar-refractivity contribution in [1.82, 2.24) is 0 Å². The van der Waals surface area contributed by atoms with Gasteiger partial charge in [0.15, 0.2) is 0 Å². The van der Waals surface area contributed by atoms with Crippen LogP contribution in [-0.4, -0.2) is 5.16 Å². The van der Waals surface area contributed by atoms with E-state index >= 15 is 0 Å². The Morgan fingerprint density at radius 2 is 1.50 bits per heavy atom. The lowest BCUT2D eigenvalue weighted by Gasteiger charge is -2.57. The number of rotatable bonds is 3. The standard InChI is InChI=1S/C16H20BrO2P/c17-20(18,19-15-4-2-1-3-5-15)16-9-12-6-13(10-16)8-14(7-12)11-16/h1-5,12-14H,6-11H2. The first-order valence-electron chi connectivity index (χ1n) is 7.61. The molecule has 0 spiro atoms. The van der Waals surface area contributed by atoms with E-state index in [1.54, 1.807) is 0 Å². The van der Waals surface area contributed by atoms with Gasteiger partial charge < -0.3 is 4.52 Å². The van der Waals surface area contributed by atoms with Crippen LogP contribution in [0, 0.1) is 17.8 Å². The highest BCUT2D eigenvalue weighted by Crippen LogP contribution is 2.76. The van der Waals surface area contributed by atoms with Gasteiger partial charge in [0.05, 0.1) is 5.16 Å². The number of para-hydroxylation sites is 1. The normalized spacial score (nSPS) is 41.4. The van der Waals surface area contributed by atoms with Crippen molar-refractivity contribution in [1.29, 1.82) is 0 Å². The van der Waals surface area contributed by atoms with E-state index in [0.29, 0.717) is 0 Å². The van der Waals surface area contributed by atoms with Crippen molar-refractivity contribution >= 4 is 21.6 Å². The highest BCUT2D eigenvalue weighted by molar-refractivity contribution is 9.40. The summed E-state index contributed by atoms with van der Waals surface area (Å²) in [5.41, 5.74) is 0. The van der Waals surface area contributed by atoms with Crippen LogP contribution in [0.25, 0.3) is 0 Å². The third-order valence-corrected chi connectivity index (χ3v) is 10.4. The molecule has 0 aromatic heterocycles. The molecular formula is C16H20BrO2P. The van der Waals surface area contributed by atoms with Gasteiger partial charge in [0, 0.05) is 15.5 Å². The maximum Gasteiger partial charge on any atom is 0.316 e. The molecule has 20 heavy (non-hydrogen) atoms. The molecule has 4 aliphatic carbocycles. The zero-order valence-corrected chi connectivity index (χ0v) is 14.0. The molecular weight excluding hydrogens is 335 g/mol. The van der Waals surface area contributed by atoms with Gasteiger partial charge in [0.25, 0.3) is 0 Å². The average Bonchev–Trinajstić information content (AvgIpc) is 2.37. The van der Waals surface area contributed by atoms with Crippen molar-refractivity contribution in [3.63, 3.8) is 0 Å². The van der Waals surface area contributed by atoms with E-state index < -0.39 is 6.07 Å². The van der Waals surface area contributed by atoms with Crippen molar-refractivity contribution in [3.05, 3.63) is 30.3 Å². The molecule has 1 aromatic rings. The van der Waals surface area contributed by atoms with Crippen molar-refractivity contribution in [2.45, 2.75) is 43.7 Å². The first kappa shape index (κ1) is 13.4. The Morgan fingerprint density at radius 3 is 2.00 bits per heavy atom. The molecule has 4 saturated carbocycles. The molecule has 4 aliphatic rings. The molecule has 4 bridgehead atoms. The van der Waals surface area contributed by atoms with Crippen molar-refractivity contribution < 1.29 is 9.09 Å². The van der Waals surface area contributed by atoms with Gasteiger partial charge in [-0.3, -0.25) is 4.57 Å². The topological polar surface area (TPSA) is 26.3 Å². The van der Waals surface area contributed by atoms with Crippen LogP contribution in [0.5, 0.6) is 5.75 Å². The molecule has 4 heteroatoms. The van der Waals surface area contributed by atoms with Crippen LogP contribution in [-0.2, 0) is 4.57 Å². The Bertz CT molecular complexity index is 522. The van der Waals surface area contributed by atoms with Gasteiger partial charge in [0.1, 0.15) is 5.75 Å². The van der Waals surface area contributed by atoms with E-state index in [1.807, 2.05) is 30.3 Å². The largest absolute Gasteiger partial charge is 0.435 e. The van der Waals surface area contributed by atoms with Gasteiger partial charge in [-0.1, -0.05) is 18.2 Å². The lowest BCUT2D eigenvalue weighted by Crippen LogP contribution is -2.50. The minimum Gasteiger partial charge on any atom is -0.435 e. The maximum absolute atomic E-state index is 13.3. The molecule has 2 nitrogen and oxygen atoms in total. The van der Waals surface area contributed by atoms with Crippen molar-refractivity contribution in [3.8, 4) is 5.75 Å². The second kappa shape index (κ2) is 4.61. The maximum atomic E-state index is 13.3. The van der Waals surface area contributed by atoms with Crippen LogP contribution in [0.4, 0.5) is 0 Å². The molecule has 5 rings (SSSR count). The van der Waals surface area contributed by atoms with E-state index in [1.165, 1.54) is 19.3 Å². The lowest BCUT2D eigenvalue weighted by atomic mass is 9.56. The fourth-order valence-corrected chi connectivity index (χ4v) is 8.93. The summed E-state index contributed by atoms with van der Waals surface area (Å²) in [6, 6.07) is 9.61. The first-order chi connectivity index (χ1) is 9.56. The minimum atomic E-state index is -2.80. The van der Waals surface area contributed by atoms with E-state index in [9.17, 15) is 4.57 Å². The quantitative estimate of drug-likeness (QED) is 0.658. The number of halogens is 1. The van der Waals surface area contributed by atoms with Crippen molar-refractivity contribution in [2.24, 2.45) is 17.8 Å². The minimum absolute atomic E-state index is 0.0996. The summed E-state index contributed by atoms with van der Waals surface area (Å²) < 4.78 is 19.3. The van der Waals surface area contributed by atoms with E-state index in [4.69, 9.17) is 4.52 Å². The van der Waals surface area contributed by atoms with Gasteiger partial charge in [0.2, 0.25) is 0 Å². The Morgan fingerprint density at radius 1 is 1.00 bits per heavy atom. The zero-order valence-electron chi connectivity index (χ0n) is 11.5. The first-order valence-corrected chi connectivity index (χ1v) is 11.3. The molecule has 0 heterocycles. The van der Waals surface area contributed by atoms with Gasteiger partial charge in [-0.2, -0.15) is 0 Å². The molecule has 0 amide bonds. The average molecular weight is 355 g/mol. The summed E-state index contributed by atoms with van der Waals surface area (Å²) in [4.78, 5) is 0. The molecule has 0 saturated heterocycles. The summed E-state index contributed by atoms with van der Waals surface area (Å²) >= 11 is 3.54. The summed E-state index contributed by atoms with van der Waals surface area (Å²) in [7, 11) is 0. The van der Waals surface area contributed by atoms with E-state index in [-0.39, 0.29) is 5.16 Å². The number of benzene rings is 1. The highest BCUT2D eigenvalue weighted by atomic mass is 79.9. The van der Waals surface area contributed by atoms with Crippen LogP contribution >= 0.6 is 21.6 Å². The Hall–Kier alpha value is -0.270. The molecule has 0 N–H and O–H groups in total. The summed E-state index contributed by atoms with van der Waals surface area (Å²) in [6.45, 7) is 0. The van der Waals surface area contributed by atoms with E-state index in [0.717, 1.165) is 42.8 Å². The molecule has 1 atom stereocenters. The monoisotopic (exact) mass is 354 g/mol. The van der Waals surface area contributed by atoms with E-state index in [2.05, 4.69) is 15.5 Å². The second-order valence-electron chi connectivity index (χ2n) is 7.03. The van der Waals surface area contributed by atoms with Crippen molar-refractivity contribution in [2.75, 3.05) is 0 Å². The van der Waals surface area contributed by atoms with Crippen LogP contribution < -0.4 is 4.52 Å². The summed E-state index contributed by atoms with van der Waals surface area (Å²) in [5, 5.41) is -0.0996. The highest BCUT2D eigenvalue weighted by Gasteiger charge is 2.60. The fourth-order valence-electron chi connectivity index (χ4n) is 5.11. The van der Waals surface area contributed by atoms with Crippen LogP contribution in [0.3, 0.4) is 0 Å². The van der Waals surface area contributed by atoms with Gasteiger partial charge in [-0.15, -0.1) is 0 Å². The summed E-state index contributed by atoms with van der Waals surface area (Å²) in [6.07, 6.45) is 4.55. The third-order valence-electron chi connectivity index (χ3n) is 5.54. The number of hydrogen-bond acceptors (Lipinski definition) is 2. The number of hydrogen-bond donors (Lipinski definition) is 0. The van der Waals surface area contributed by atoms with Gasteiger partial charge >= 0.3 is 6.07 Å². The van der Waals surface area contributed by atoms with Gasteiger partial charge in [-0.05, 0) is 68.4 Å². The van der Waals surface area contributed by atoms with Crippen LogP contribution in [0.2, 0.25) is 0 Å². The van der Waals surface area contributed by atoms with Gasteiger partial charge in [-0.25, -0.2) is 0 Å². The Balaban J connectivity index is 1.64. The molecule has 1 aromatic carbocycles. The molecule has 4 fully saturated rings. The predicted octanol–water partition coefficient (Wildman–Crippen LogP) is 5.62.